The van der Waals surface area contributed by atoms with Crippen LogP contribution in [0.2, 0.25) is 5.02 Å². The van der Waals surface area contributed by atoms with E-state index in [0.29, 0.717) is 48.4 Å². The number of aromatic nitrogens is 2. The molecule has 0 spiro atoms. The number of rotatable bonds is 8. The molecule has 0 saturated carbocycles. The summed E-state index contributed by atoms with van der Waals surface area (Å²) in [5.41, 5.74) is -0.987. The number of ether oxygens (including phenoxy) is 2. The molecular formula is C19H21ClF3N3O3S2. The molecule has 31 heavy (non-hydrogen) atoms. The first-order valence-corrected chi connectivity index (χ1v) is 12.1. The van der Waals surface area contributed by atoms with Crippen molar-refractivity contribution in [1.29, 1.82) is 0 Å². The first-order chi connectivity index (χ1) is 14.7. The van der Waals surface area contributed by atoms with Crippen LogP contribution in [0.3, 0.4) is 0 Å². The van der Waals surface area contributed by atoms with Gasteiger partial charge in [0.05, 0.1) is 32.6 Å². The zero-order chi connectivity index (χ0) is 22.6. The number of halogens is 4. The van der Waals surface area contributed by atoms with Crippen LogP contribution in [0.15, 0.2) is 34.3 Å². The Bertz CT molecular complexity index is 949. The third kappa shape index (κ3) is 6.03. The zero-order valence-corrected chi connectivity index (χ0v) is 19.2. The molecule has 0 aliphatic carbocycles. The quantitative estimate of drug-likeness (QED) is 0.307. The van der Waals surface area contributed by atoms with Gasteiger partial charge in [-0.05, 0) is 30.9 Å². The van der Waals surface area contributed by atoms with Crippen LogP contribution < -0.4 is 9.64 Å². The van der Waals surface area contributed by atoms with Crippen molar-refractivity contribution < 1.29 is 26.9 Å². The molecule has 0 radical (unpaired) electrons. The van der Waals surface area contributed by atoms with Crippen LogP contribution in [-0.2, 0) is 21.7 Å². The van der Waals surface area contributed by atoms with Crippen molar-refractivity contribution in [3.8, 4) is 5.75 Å². The average molecular weight is 496 g/mol. The Kier molecular flexibility index (Phi) is 8.06. The van der Waals surface area contributed by atoms with E-state index in [2.05, 4.69) is 9.97 Å². The van der Waals surface area contributed by atoms with Gasteiger partial charge in [0.2, 0.25) is 0 Å². The van der Waals surface area contributed by atoms with Gasteiger partial charge in [-0.2, -0.15) is 13.2 Å². The molecule has 12 heteroatoms. The summed E-state index contributed by atoms with van der Waals surface area (Å²) >= 11 is 7.35. The molecule has 1 aromatic heterocycles. The monoisotopic (exact) mass is 495 g/mol. The highest BCUT2D eigenvalue weighted by atomic mass is 35.5. The van der Waals surface area contributed by atoms with E-state index in [0.717, 1.165) is 17.8 Å². The second-order valence-corrected chi connectivity index (χ2v) is 9.57. The molecule has 1 unspecified atom stereocenters. The Morgan fingerprint density at radius 3 is 2.71 bits per heavy atom. The Morgan fingerprint density at radius 1 is 1.29 bits per heavy atom. The van der Waals surface area contributed by atoms with Gasteiger partial charge in [0, 0.05) is 26.3 Å². The molecular weight excluding hydrogens is 475 g/mol. The summed E-state index contributed by atoms with van der Waals surface area (Å²) in [5.74, 6) is 0.722. The number of thioether (sulfide) groups is 1. The smallest absolute Gasteiger partial charge is 0.433 e. The fourth-order valence-electron chi connectivity index (χ4n) is 3.08. The fraction of sp³-hybridized carbons (Fsp3) is 0.474. The third-order valence-electron chi connectivity index (χ3n) is 4.61. The molecule has 2 atom stereocenters. The number of methoxy groups -OCH3 is 1. The molecule has 3 rings (SSSR count). The molecule has 1 aliphatic heterocycles. The van der Waals surface area contributed by atoms with E-state index in [1.54, 1.807) is 36.5 Å². The van der Waals surface area contributed by atoms with Crippen LogP contribution >= 0.6 is 23.4 Å². The summed E-state index contributed by atoms with van der Waals surface area (Å²) in [6.45, 7) is 1.54. The molecule has 1 saturated heterocycles. The number of benzene rings is 1. The number of hydrogen-bond acceptors (Lipinski definition) is 7. The van der Waals surface area contributed by atoms with Gasteiger partial charge in [-0.3, -0.25) is 4.21 Å². The Balaban J connectivity index is 1.73. The maximum absolute atomic E-state index is 13.2. The Labute approximate surface area is 189 Å². The molecule has 0 bridgehead atoms. The summed E-state index contributed by atoms with van der Waals surface area (Å²) in [6.07, 6.45) is -2.41. The van der Waals surface area contributed by atoms with E-state index in [4.69, 9.17) is 21.1 Å². The molecule has 0 amide bonds. The van der Waals surface area contributed by atoms with E-state index in [1.165, 1.54) is 0 Å². The van der Waals surface area contributed by atoms with Crippen LogP contribution in [0.1, 0.15) is 12.1 Å². The van der Waals surface area contributed by atoms with Crippen molar-refractivity contribution in [1.82, 2.24) is 9.97 Å². The number of alkyl halides is 3. The predicted molar refractivity (Wildman–Crippen MR) is 115 cm³/mol. The Morgan fingerprint density at radius 2 is 2.06 bits per heavy atom. The lowest BCUT2D eigenvalue weighted by atomic mass is 10.3. The molecule has 1 aliphatic rings. The van der Waals surface area contributed by atoms with Crippen molar-refractivity contribution in [2.45, 2.75) is 27.9 Å². The van der Waals surface area contributed by atoms with Gasteiger partial charge < -0.3 is 14.4 Å². The van der Waals surface area contributed by atoms with Gasteiger partial charge in [-0.15, -0.1) is 0 Å². The van der Waals surface area contributed by atoms with Crippen LogP contribution in [0.25, 0.3) is 0 Å². The number of nitrogens with zero attached hydrogens (tertiary/aromatic N) is 3. The normalized spacial score (nSPS) is 17.7. The molecule has 1 aromatic carbocycles. The van der Waals surface area contributed by atoms with Gasteiger partial charge in [0.1, 0.15) is 18.2 Å². The van der Waals surface area contributed by atoms with Gasteiger partial charge in [-0.1, -0.05) is 23.4 Å². The minimum Gasteiger partial charge on any atom is -0.491 e. The third-order valence-corrected chi connectivity index (χ3v) is 7.37. The highest BCUT2D eigenvalue weighted by molar-refractivity contribution is 7.98. The lowest BCUT2D eigenvalue weighted by Gasteiger charge is -2.19. The molecule has 6 nitrogen and oxygen atoms in total. The summed E-state index contributed by atoms with van der Waals surface area (Å²) in [6, 6.07) is 5.87. The average Bonchev–Trinajstić information content (AvgIpc) is 3.23. The van der Waals surface area contributed by atoms with Gasteiger partial charge in [-0.25, -0.2) is 9.97 Å². The second kappa shape index (κ2) is 10.4. The second-order valence-electron chi connectivity index (χ2n) is 6.68. The minimum absolute atomic E-state index is 0.0431. The maximum atomic E-state index is 13.2. The van der Waals surface area contributed by atoms with Crippen molar-refractivity contribution >= 4 is 40.0 Å². The van der Waals surface area contributed by atoms with Crippen molar-refractivity contribution in [2.75, 3.05) is 44.6 Å². The highest BCUT2D eigenvalue weighted by Gasteiger charge is 2.36. The number of anilines is 1. The predicted octanol–water partition coefficient (Wildman–Crippen LogP) is 4.28. The first-order valence-electron chi connectivity index (χ1n) is 9.30. The largest absolute Gasteiger partial charge is 0.491 e. The van der Waals surface area contributed by atoms with Crippen molar-refractivity contribution in [2.24, 2.45) is 0 Å². The Hall–Kier alpha value is -1.56. The van der Waals surface area contributed by atoms with Crippen LogP contribution in [0.4, 0.5) is 19.0 Å². The maximum Gasteiger partial charge on any atom is 0.433 e. The van der Waals surface area contributed by atoms with E-state index in [1.807, 2.05) is 0 Å². The van der Waals surface area contributed by atoms with Crippen LogP contribution in [-0.4, -0.2) is 59.1 Å². The fourth-order valence-corrected chi connectivity index (χ4v) is 5.30. The SMILES string of the molecule is COCCOc1ccc(S(=O)[C@H]2CCN(c3cc(C(F)(F)F)nc(SC)n3)C2)c(Cl)c1. The van der Waals surface area contributed by atoms with E-state index in [-0.39, 0.29) is 16.2 Å². The number of hydrogen-bond donors (Lipinski definition) is 0. The summed E-state index contributed by atoms with van der Waals surface area (Å²) in [5, 5.41) is 0.0686. The summed E-state index contributed by atoms with van der Waals surface area (Å²) < 4.78 is 63.0. The van der Waals surface area contributed by atoms with E-state index < -0.39 is 22.7 Å². The molecule has 2 aromatic rings. The topological polar surface area (TPSA) is 64.6 Å². The molecule has 1 fully saturated rings. The lowest BCUT2D eigenvalue weighted by Crippen LogP contribution is -2.25. The summed E-state index contributed by atoms with van der Waals surface area (Å²) in [4.78, 5) is 9.92. The zero-order valence-electron chi connectivity index (χ0n) is 16.8. The molecule has 0 N–H and O–H groups in total. The highest BCUT2D eigenvalue weighted by Crippen LogP contribution is 2.34. The van der Waals surface area contributed by atoms with Gasteiger partial charge in [0.25, 0.3) is 0 Å². The first kappa shape index (κ1) is 24.1. The van der Waals surface area contributed by atoms with Gasteiger partial charge in [0.15, 0.2) is 10.9 Å². The van der Waals surface area contributed by atoms with E-state index >= 15 is 0 Å². The van der Waals surface area contributed by atoms with Gasteiger partial charge >= 0.3 is 6.18 Å². The van der Waals surface area contributed by atoms with Crippen molar-refractivity contribution in [3.63, 3.8) is 0 Å². The van der Waals surface area contributed by atoms with Crippen molar-refractivity contribution in [3.05, 3.63) is 35.0 Å². The molecule has 170 valence electrons. The minimum atomic E-state index is -4.56. The summed E-state index contributed by atoms with van der Waals surface area (Å²) in [7, 11) is 0.136. The lowest BCUT2D eigenvalue weighted by molar-refractivity contribution is -0.141. The molecule has 2 heterocycles. The van der Waals surface area contributed by atoms with E-state index in [9.17, 15) is 17.4 Å². The standard InChI is InChI=1S/C19H21ClF3N3O3S2/c1-28-7-8-29-12-3-4-15(14(20)9-12)31(27)13-5-6-26(11-13)17-10-16(19(21,22)23)24-18(25-17)30-2/h3-4,9-10,13H,5-8,11H2,1-2H3/t13-,31?/m0/s1. The van der Waals surface area contributed by atoms with Crippen LogP contribution in [0, 0.1) is 0 Å². The van der Waals surface area contributed by atoms with Crippen LogP contribution in [0.5, 0.6) is 5.75 Å².